The van der Waals surface area contributed by atoms with E-state index in [0.29, 0.717) is 0 Å². The van der Waals surface area contributed by atoms with Gasteiger partial charge in [0.25, 0.3) is 0 Å². The van der Waals surface area contributed by atoms with Crippen molar-refractivity contribution in [2.24, 2.45) is 17.8 Å². The van der Waals surface area contributed by atoms with Crippen LogP contribution in [-0.4, -0.2) is 48.6 Å². The van der Waals surface area contributed by atoms with E-state index in [4.69, 9.17) is 0 Å². The van der Waals surface area contributed by atoms with Gasteiger partial charge in [-0.05, 0) is 76.4 Å². The molecule has 0 aromatic heterocycles. The minimum Gasteiger partial charge on any atom is -0.303 e. The molecule has 0 amide bonds. The molecule has 3 fully saturated rings. The van der Waals surface area contributed by atoms with Crippen molar-refractivity contribution in [3.63, 3.8) is 0 Å². The number of fused-ring (bicyclic) bond motifs is 2. The van der Waals surface area contributed by atoms with E-state index < -0.39 is 0 Å². The summed E-state index contributed by atoms with van der Waals surface area (Å²) in [6.07, 6.45) is 8.75. The Kier molecular flexibility index (Phi) is 4.19. The molecule has 110 valence electrons. The normalized spacial score (nSPS) is 38.2. The predicted molar refractivity (Wildman–Crippen MR) is 81.3 cm³/mol. The molecule has 0 saturated carbocycles. The second-order valence-corrected chi connectivity index (χ2v) is 7.77. The second-order valence-electron chi connectivity index (χ2n) is 7.77. The Labute approximate surface area is 119 Å². The van der Waals surface area contributed by atoms with Gasteiger partial charge in [0.05, 0.1) is 0 Å². The third-order valence-corrected chi connectivity index (χ3v) is 6.29. The molecule has 2 heteroatoms. The van der Waals surface area contributed by atoms with E-state index >= 15 is 0 Å². The highest BCUT2D eigenvalue weighted by Crippen LogP contribution is 2.38. The lowest BCUT2D eigenvalue weighted by atomic mass is 9.85. The highest BCUT2D eigenvalue weighted by molar-refractivity contribution is 4.94. The summed E-state index contributed by atoms with van der Waals surface area (Å²) in [4.78, 5) is 5.44. The zero-order chi connectivity index (χ0) is 13.4. The molecule has 0 aliphatic carbocycles. The average molecular weight is 264 g/mol. The molecule has 0 spiro atoms. The number of hydrogen-bond donors (Lipinski definition) is 0. The van der Waals surface area contributed by atoms with Crippen LogP contribution in [0.2, 0.25) is 0 Å². The number of piperidine rings is 2. The van der Waals surface area contributed by atoms with Crippen molar-refractivity contribution >= 4 is 0 Å². The fourth-order valence-corrected chi connectivity index (χ4v) is 4.84. The molecule has 2 nitrogen and oxygen atoms in total. The van der Waals surface area contributed by atoms with E-state index in [0.717, 1.165) is 29.8 Å². The van der Waals surface area contributed by atoms with Crippen molar-refractivity contribution in [2.75, 3.05) is 26.7 Å². The number of hydrogen-bond acceptors (Lipinski definition) is 2. The van der Waals surface area contributed by atoms with Crippen LogP contribution in [0.4, 0.5) is 0 Å². The number of likely N-dealkylation sites (tertiary alicyclic amines) is 1. The van der Waals surface area contributed by atoms with Gasteiger partial charge in [-0.1, -0.05) is 13.8 Å². The first-order valence-electron chi connectivity index (χ1n) is 8.57. The number of nitrogens with zero attached hydrogens (tertiary/aromatic N) is 2. The molecule has 0 aromatic carbocycles. The minimum atomic E-state index is 0.890. The van der Waals surface area contributed by atoms with Crippen LogP contribution in [0.1, 0.15) is 52.4 Å². The van der Waals surface area contributed by atoms with Crippen LogP contribution in [0.5, 0.6) is 0 Å². The van der Waals surface area contributed by atoms with Crippen molar-refractivity contribution in [3.8, 4) is 0 Å². The zero-order valence-electron chi connectivity index (χ0n) is 13.1. The molecule has 3 heterocycles. The van der Waals surface area contributed by atoms with E-state index in [9.17, 15) is 0 Å². The van der Waals surface area contributed by atoms with Crippen molar-refractivity contribution < 1.29 is 0 Å². The Morgan fingerprint density at radius 1 is 0.947 bits per heavy atom. The van der Waals surface area contributed by atoms with Crippen LogP contribution in [-0.2, 0) is 0 Å². The molecule has 19 heavy (non-hydrogen) atoms. The Bertz CT molecular complexity index is 280. The standard InChI is InChI=1S/C17H32N2/c1-13(2)15-6-8-19(9-7-15)12-14-10-16-4-5-17(11-14)18(16)3/h13-17H,4-12H2,1-3H3. The van der Waals surface area contributed by atoms with Gasteiger partial charge in [-0.3, -0.25) is 0 Å². The smallest absolute Gasteiger partial charge is 0.00988 e. The summed E-state index contributed by atoms with van der Waals surface area (Å²) in [5, 5.41) is 0. The second kappa shape index (κ2) is 5.73. The fraction of sp³-hybridized carbons (Fsp3) is 1.00. The molecule has 0 N–H and O–H groups in total. The van der Waals surface area contributed by atoms with E-state index in [1.807, 2.05) is 0 Å². The third kappa shape index (κ3) is 3.00. The van der Waals surface area contributed by atoms with Gasteiger partial charge in [0, 0.05) is 18.6 Å². The van der Waals surface area contributed by atoms with Crippen molar-refractivity contribution in [2.45, 2.75) is 64.5 Å². The van der Waals surface area contributed by atoms with Crippen LogP contribution < -0.4 is 0 Å². The minimum absolute atomic E-state index is 0.890. The molecule has 0 radical (unpaired) electrons. The SMILES string of the molecule is CC(C)C1CCN(CC2CC3CCC(C2)N3C)CC1. The van der Waals surface area contributed by atoms with Gasteiger partial charge in [0.2, 0.25) is 0 Å². The van der Waals surface area contributed by atoms with Crippen LogP contribution in [0.15, 0.2) is 0 Å². The molecule has 2 unspecified atom stereocenters. The molecule has 2 bridgehead atoms. The average Bonchev–Trinajstić information content (AvgIpc) is 2.63. The predicted octanol–water partition coefficient (Wildman–Crippen LogP) is 3.23. The van der Waals surface area contributed by atoms with E-state index in [1.54, 1.807) is 0 Å². The summed E-state index contributed by atoms with van der Waals surface area (Å²) in [7, 11) is 2.35. The first-order chi connectivity index (χ1) is 9.13. The van der Waals surface area contributed by atoms with Crippen LogP contribution >= 0.6 is 0 Å². The summed E-state index contributed by atoms with van der Waals surface area (Å²) in [5.41, 5.74) is 0. The van der Waals surface area contributed by atoms with E-state index in [1.165, 1.54) is 58.2 Å². The van der Waals surface area contributed by atoms with Gasteiger partial charge in [-0.15, -0.1) is 0 Å². The summed E-state index contributed by atoms with van der Waals surface area (Å²) in [6, 6.07) is 1.83. The maximum atomic E-state index is 2.77. The van der Waals surface area contributed by atoms with Crippen LogP contribution in [0.25, 0.3) is 0 Å². The van der Waals surface area contributed by atoms with E-state index in [2.05, 4.69) is 30.7 Å². The van der Waals surface area contributed by atoms with Crippen molar-refractivity contribution in [1.82, 2.24) is 9.80 Å². The van der Waals surface area contributed by atoms with Gasteiger partial charge >= 0.3 is 0 Å². The van der Waals surface area contributed by atoms with Gasteiger partial charge in [0.15, 0.2) is 0 Å². The lowest BCUT2D eigenvalue weighted by Crippen LogP contribution is -2.45. The Morgan fingerprint density at radius 2 is 1.53 bits per heavy atom. The molecule has 0 aromatic rings. The Hall–Kier alpha value is -0.0800. The largest absolute Gasteiger partial charge is 0.303 e. The first-order valence-corrected chi connectivity index (χ1v) is 8.57. The maximum absolute atomic E-state index is 2.77. The van der Waals surface area contributed by atoms with Gasteiger partial charge in [-0.25, -0.2) is 0 Å². The summed E-state index contributed by atoms with van der Waals surface area (Å²) in [6.45, 7) is 8.92. The molecule has 3 rings (SSSR count). The van der Waals surface area contributed by atoms with Crippen LogP contribution in [0.3, 0.4) is 0 Å². The molecule has 3 aliphatic rings. The lowest BCUT2D eigenvalue weighted by Gasteiger charge is -2.40. The summed E-state index contributed by atoms with van der Waals surface area (Å²) in [5.74, 6) is 2.87. The quantitative estimate of drug-likeness (QED) is 0.772. The molecular weight excluding hydrogens is 232 g/mol. The van der Waals surface area contributed by atoms with Gasteiger partial charge < -0.3 is 9.80 Å². The zero-order valence-corrected chi connectivity index (χ0v) is 13.1. The maximum Gasteiger partial charge on any atom is 0.00988 e. The number of rotatable bonds is 3. The highest BCUT2D eigenvalue weighted by atomic mass is 15.2. The topological polar surface area (TPSA) is 6.48 Å². The molecule has 3 saturated heterocycles. The summed E-state index contributed by atoms with van der Waals surface area (Å²) < 4.78 is 0. The molecule has 3 aliphatic heterocycles. The van der Waals surface area contributed by atoms with Crippen LogP contribution in [0, 0.1) is 17.8 Å². The first kappa shape index (κ1) is 13.9. The highest BCUT2D eigenvalue weighted by Gasteiger charge is 2.38. The summed E-state index contributed by atoms with van der Waals surface area (Å²) >= 11 is 0. The van der Waals surface area contributed by atoms with Crippen molar-refractivity contribution in [3.05, 3.63) is 0 Å². The van der Waals surface area contributed by atoms with Crippen molar-refractivity contribution in [1.29, 1.82) is 0 Å². The van der Waals surface area contributed by atoms with Gasteiger partial charge in [-0.2, -0.15) is 0 Å². The molecular formula is C17H32N2. The Balaban J connectivity index is 1.46. The monoisotopic (exact) mass is 264 g/mol. The Morgan fingerprint density at radius 3 is 2.05 bits per heavy atom. The fourth-order valence-electron chi connectivity index (χ4n) is 4.84. The third-order valence-electron chi connectivity index (χ3n) is 6.29. The lowest BCUT2D eigenvalue weighted by molar-refractivity contribution is 0.0846. The van der Waals surface area contributed by atoms with E-state index in [-0.39, 0.29) is 0 Å². The van der Waals surface area contributed by atoms with Gasteiger partial charge in [0.1, 0.15) is 0 Å². The molecule has 2 atom stereocenters.